The summed E-state index contributed by atoms with van der Waals surface area (Å²) < 4.78 is 0. The van der Waals surface area contributed by atoms with Crippen molar-refractivity contribution in [2.24, 2.45) is 11.8 Å². The van der Waals surface area contributed by atoms with Crippen molar-refractivity contribution >= 4 is 11.6 Å². The molecular formula is C28H38N2O2. The lowest BCUT2D eigenvalue weighted by atomic mass is 9.96. The fraction of sp³-hybridized carbons (Fsp3) is 0.500. The van der Waals surface area contributed by atoms with Gasteiger partial charge in [0.15, 0.2) is 11.6 Å². The lowest BCUT2D eigenvalue weighted by molar-refractivity contribution is 0.0761. The summed E-state index contributed by atoms with van der Waals surface area (Å²) in [4.78, 5) is 30.4. The molecule has 0 aliphatic carbocycles. The highest BCUT2D eigenvalue weighted by atomic mass is 16.1. The predicted molar refractivity (Wildman–Crippen MR) is 132 cm³/mol. The third kappa shape index (κ3) is 6.36. The standard InChI is InChI=1S/C28H38N2O2/c1-5-23-7-11-25(12-8-23)27(31)21(3)19-29-15-17-30(18-16-29)20-22(4)28(32)26-13-9-24(6-2)10-14-26/h7-14,21-22H,5-6,15-20H2,1-4H3. The van der Waals surface area contributed by atoms with E-state index in [1.54, 1.807) is 0 Å². The SMILES string of the molecule is CCc1ccc(C(=O)C(C)CN2CCN(CC(C)C(=O)c3ccc(CC)cc3)CC2)cc1. The Morgan fingerprint density at radius 2 is 0.969 bits per heavy atom. The Hall–Kier alpha value is -2.30. The molecule has 1 heterocycles. The second kappa shape index (κ2) is 11.5. The van der Waals surface area contributed by atoms with Crippen molar-refractivity contribution < 1.29 is 9.59 Å². The molecule has 2 aromatic carbocycles. The monoisotopic (exact) mass is 434 g/mol. The molecule has 2 aromatic rings. The molecule has 2 unspecified atom stereocenters. The van der Waals surface area contributed by atoms with Gasteiger partial charge in [-0.25, -0.2) is 0 Å². The van der Waals surface area contributed by atoms with Crippen LogP contribution in [0.5, 0.6) is 0 Å². The molecule has 172 valence electrons. The molecule has 0 spiro atoms. The quantitative estimate of drug-likeness (QED) is 0.505. The first-order chi connectivity index (χ1) is 15.4. The zero-order valence-electron chi connectivity index (χ0n) is 20.1. The molecule has 1 aliphatic heterocycles. The van der Waals surface area contributed by atoms with Crippen LogP contribution in [-0.2, 0) is 12.8 Å². The van der Waals surface area contributed by atoms with Crippen molar-refractivity contribution in [1.82, 2.24) is 9.80 Å². The van der Waals surface area contributed by atoms with Crippen LogP contribution < -0.4 is 0 Å². The minimum Gasteiger partial charge on any atom is -0.300 e. The van der Waals surface area contributed by atoms with Crippen LogP contribution >= 0.6 is 0 Å². The summed E-state index contributed by atoms with van der Waals surface area (Å²) in [5, 5.41) is 0. The van der Waals surface area contributed by atoms with E-state index in [1.807, 2.05) is 38.1 Å². The molecule has 4 heteroatoms. The highest BCUT2D eigenvalue weighted by Gasteiger charge is 2.25. The molecule has 0 N–H and O–H groups in total. The van der Waals surface area contributed by atoms with E-state index in [4.69, 9.17) is 0 Å². The maximum Gasteiger partial charge on any atom is 0.166 e. The van der Waals surface area contributed by atoms with Gasteiger partial charge in [0.2, 0.25) is 0 Å². The highest BCUT2D eigenvalue weighted by molar-refractivity contribution is 5.98. The lowest BCUT2D eigenvalue weighted by Crippen LogP contribution is -2.49. The number of rotatable bonds is 10. The van der Waals surface area contributed by atoms with E-state index in [2.05, 4.69) is 47.9 Å². The molecular weight excluding hydrogens is 396 g/mol. The van der Waals surface area contributed by atoms with Crippen molar-refractivity contribution in [2.45, 2.75) is 40.5 Å². The summed E-state index contributed by atoms with van der Waals surface area (Å²) in [5.74, 6) is 0.424. The molecule has 2 atom stereocenters. The summed E-state index contributed by atoms with van der Waals surface area (Å²) in [7, 11) is 0. The molecule has 0 bridgehead atoms. The van der Waals surface area contributed by atoms with Gasteiger partial charge in [-0.3, -0.25) is 9.59 Å². The Labute approximate surface area is 193 Å². The number of aryl methyl sites for hydroxylation is 2. The highest BCUT2D eigenvalue weighted by Crippen LogP contribution is 2.16. The van der Waals surface area contributed by atoms with Crippen molar-refractivity contribution in [3.63, 3.8) is 0 Å². The summed E-state index contributed by atoms with van der Waals surface area (Å²) >= 11 is 0. The van der Waals surface area contributed by atoms with E-state index >= 15 is 0 Å². The topological polar surface area (TPSA) is 40.6 Å². The van der Waals surface area contributed by atoms with Gasteiger partial charge in [-0.1, -0.05) is 76.2 Å². The number of carbonyl (C=O) groups is 2. The van der Waals surface area contributed by atoms with Gasteiger partial charge in [0.1, 0.15) is 0 Å². The van der Waals surface area contributed by atoms with Crippen LogP contribution in [0.25, 0.3) is 0 Å². The van der Waals surface area contributed by atoms with E-state index in [-0.39, 0.29) is 23.4 Å². The average molecular weight is 435 g/mol. The number of carbonyl (C=O) groups excluding carboxylic acids is 2. The smallest absolute Gasteiger partial charge is 0.166 e. The second-order valence-electron chi connectivity index (χ2n) is 9.23. The van der Waals surface area contributed by atoms with Crippen LogP contribution in [0.15, 0.2) is 48.5 Å². The molecule has 3 rings (SSSR count). The minimum absolute atomic E-state index is 0.0133. The number of benzene rings is 2. The maximum absolute atomic E-state index is 12.8. The zero-order valence-corrected chi connectivity index (χ0v) is 20.1. The van der Waals surface area contributed by atoms with E-state index in [0.717, 1.165) is 63.2 Å². The van der Waals surface area contributed by atoms with E-state index in [9.17, 15) is 9.59 Å². The minimum atomic E-state index is -0.0133. The van der Waals surface area contributed by atoms with Crippen molar-refractivity contribution in [3.8, 4) is 0 Å². The van der Waals surface area contributed by atoms with Gasteiger partial charge in [-0.05, 0) is 24.0 Å². The molecule has 0 saturated carbocycles. The van der Waals surface area contributed by atoms with Crippen LogP contribution in [0.2, 0.25) is 0 Å². The number of ketones is 2. The molecule has 1 fully saturated rings. The molecule has 32 heavy (non-hydrogen) atoms. The van der Waals surface area contributed by atoms with Gasteiger partial charge >= 0.3 is 0 Å². The molecule has 4 nitrogen and oxygen atoms in total. The fourth-order valence-electron chi connectivity index (χ4n) is 4.47. The zero-order chi connectivity index (χ0) is 23.1. The number of Topliss-reactive ketones (excluding diaryl/α,β-unsaturated/α-hetero) is 2. The number of nitrogens with zero attached hydrogens (tertiary/aromatic N) is 2. The number of piperazine rings is 1. The Balaban J connectivity index is 1.44. The Kier molecular flexibility index (Phi) is 8.77. The van der Waals surface area contributed by atoms with Crippen molar-refractivity contribution in [1.29, 1.82) is 0 Å². The fourth-order valence-corrected chi connectivity index (χ4v) is 4.47. The Bertz CT molecular complexity index is 805. The Morgan fingerprint density at radius 3 is 1.25 bits per heavy atom. The molecule has 0 amide bonds. The lowest BCUT2D eigenvalue weighted by Gasteiger charge is -2.36. The van der Waals surface area contributed by atoms with Gasteiger partial charge < -0.3 is 9.80 Å². The largest absolute Gasteiger partial charge is 0.300 e. The van der Waals surface area contributed by atoms with Gasteiger partial charge in [-0.15, -0.1) is 0 Å². The predicted octanol–water partition coefficient (Wildman–Crippen LogP) is 4.77. The average Bonchev–Trinajstić information content (AvgIpc) is 2.84. The van der Waals surface area contributed by atoms with E-state index < -0.39 is 0 Å². The maximum atomic E-state index is 12.8. The first-order valence-electron chi connectivity index (χ1n) is 12.1. The summed E-state index contributed by atoms with van der Waals surface area (Å²) in [6, 6.07) is 16.1. The van der Waals surface area contributed by atoms with E-state index in [0.29, 0.717) is 0 Å². The molecule has 1 saturated heterocycles. The molecule has 0 aromatic heterocycles. The molecule has 1 aliphatic rings. The van der Waals surface area contributed by atoms with Crippen LogP contribution in [0.1, 0.15) is 59.5 Å². The number of hydrogen-bond acceptors (Lipinski definition) is 4. The summed E-state index contributed by atoms with van der Waals surface area (Å²) in [5.41, 5.74) is 4.15. The normalized spacial score (nSPS) is 17.1. The van der Waals surface area contributed by atoms with Crippen LogP contribution in [0.4, 0.5) is 0 Å². The third-order valence-corrected chi connectivity index (χ3v) is 6.72. The van der Waals surface area contributed by atoms with Crippen LogP contribution in [0.3, 0.4) is 0 Å². The van der Waals surface area contributed by atoms with Crippen molar-refractivity contribution in [3.05, 3.63) is 70.8 Å². The summed E-state index contributed by atoms with van der Waals surface area (Å²) in [6.07, 6.45) is 1.98. The van der Waals surface area contributed by atoms with Gasteiger partial charge in [-0.2, -0.15) is 0 Å². The van der Waals surface area contributed by atoms with E-state index in [1.165, 1.54) is 11.1 Å². The van der Waals surface area contributed by atoms with Gasteiger partial charge in [0, 0.05) is 62.2 Å². The summed E-state index contributed by atoms with van der Waals surface area (Å²) in [6.45, 7) is 13.7. The van der Waals surface area contributed by atoms with Crippen molar-refractivity contribution in [2.75, 3.05) is 39.3 Å². The van der Waals surface area contributed by atoms with Crippen LogP contribution in [-0.4, -0.2) is 60.6 Å². The first-order valence-corrected chi connectivity index (χ1v) is 12.1. The van der Waals surface area contributed by atoms with Gasteiger partial charge in [0.05, 0.1) is 0 Å². The second-order valence-corrected chi connectivity index (χ2v) is 9.23. The molecule has 0 radical (unpaired) electrons. The number of hydrogen-bond donors (Lipinski definition) is 0. The third-order valence-electron chi connectivity index (χ3n) is 6.72. The first kappa shape index (κ1) is 24.3. The van der Waals surface area contributed by atoms with Crippen LogP contribution in [0, 0.1) is 11.8 Å². The Morgan fingerprint density at radius 1 is 0.656 bits per heavy atom. The van der Waals surface area contributed by atoms with Gasteiger partial charge in [0.25, 0.3) is 0 Å².